The van der Waals surface area contributed by atoms with Gasteiger partial charge in [-0.05, 0) is 13.0 Å². The van der Waals surface area contributed by atoms with Gasteiger partial charge in [0.05, 0.1) is 25.1 Å². The molecule has 3 aromatic rings. The molecule has 0 aliphatic carbocycles. The summed E-state index contributed by atoms with van der Waals surface area (Å²) in [6.07, 6.45) is -6.68. The van der Waals surface area contributed by atoms with Crippen LogP contribution in [-0.4, -0.2) is 100 Å². The van der Waals surface area contributed by atoms with Crippen molar-refractivity contribution in [3.05, 3.63) is 42.7 Å². The second kappa shape index (κ2) is 12.5. The van der Waals surface area contributed by atoms with E-state index in [2.05, 4.69) is 28.3 Å². The Morgan fingerprint density at radius 2 is 1.75 bits per heavy atom. The van der Waals surface area contributed by atoms with Gasteiger partial charge in [-0.3, -0.25) is 18.5 Å². The Kier molecular flexibility index (Phi) is 9.28. The second-order valence-corrected chi connectivity index (χ2v) is 12.9. The highest BCUT2D eigenvalue weighted by atomic mass is 31.3. The van der Waals surface area contributed by atoms with Crippen LogP contribution in [0.1, 0.15) is 29.7 Å². The first-order valence-corrected chi connectivity index (χ1v) is 15.8. The van der Waals surface area contributed by atoms with Crippen molar-refractivity contribution in [2.45, 2.75) is 56.0 Å². The van der Waals surface area contributed by atoms with Crippen LogP contribution < -0.4 is 15.2 Å². The van der Waals surface area contributed by atoms with Crippen LogP contribution in [0.4, 0.5) is 5.82 Å². The topological polar surface area (TPSA) is 295 Å². The van der Waals surface area contributed by atoms with Gasteiger partial charge in [0, 0.05) is 6.07 Å². The molecule has 2 fully saturated rings. The van der Waals surface area contributed by atoms with E-state index in [0.29, 0.717) is 0 Å². The predicted molar refractivity (Wildman–Crippen MR) is 139 cm³/mol. The number of hydrogen-bond donors (Lipinski definition) is 6. The number of phosphoric ester groups is 2. The minimum atomic E-state index is -5.60. The van der Waals surface area contributed by atoms with Gasteiger partial charge in [0.25, 0.3) is 14.1 Å². The van der Waals surface area contributed by atoms with Gasteiger partial charge in [-0.15, -0.1) is 0 Å². The fraction of sp³-hybridized carbons (Fsp3) is 0.500. The van der Waals surface area contributed by atoms with Crippen molar-refractivity contribution >= 4 is 38.4 Å². The number of nitrogens with zero attached hydrogens (tertiary/aromatic N) is 5. The van der Waals surface area contributed by atoms with Crippen molar-refractivity contribution in [2.24, 2.45) is 0 Å². The number of aliphatic hydroxyl groups excluding tert-OH is 4. The summed E-state index contributed by atoms with van der Waals surface area (Å²) in [4.78, 5) is 45.8. The summed E-state index contributed by atoms with van der Waals surface area (Å²) < 4.78 is 51.7. The van der Waals surface area contributed by atoms with Crippen molar-refractivity contribution in [3.63, 3.8) is 0 Å². The maximum Gasteiger partial charge on any atom is 0.478 e. The van der Waals surface area contributed by atoms with Gasteiger partial charge in [0.2, 0.25) is 0 Å². The predicted octanol–water partition coefficient (Wildman–Crippen LogP) is -2.54. The molecule has 3 aromatic heterocycles. The number of imidazole rings is 1. The number of fused-ring (bicyclic) bond motifs is 1. The molecule has 2 aliphatic heterocycles. The third-order valence-corrected chi connectivity index (χ3v) is 9.43. The number of nitrogen functional groups attached to an aromatic ring is 1. The lowest BCUT2D eigenvalue weighted by Gasteiger charge is -2.26. The van der Waals surface area contributed by atoms with E-state index in [-0.39, 0.29) is 28.3 Å². The minimum absolute atomic E-state index is 0.0487. The molecule has 20 nitrogen and oxygen atoms in total. The highest BCUT2D eigenvalue weighted by Gasteiger charge is 2.49. The van der Waals surface area contributed by atoms with Crippen LogP contribution >= 0.6 is 15.6 Å². The lowest BCUT2D eigenvalue weighted by Crippen LogP contribution is -2.46. The Bertz CT molecular complexity index is 1630. The molecular formula is C22H28N6O14P2. The standard InChI is InChI=1S/C22H28N6O14P2/c1-10(29)11-3-2-4-27(5-11)21-17(32)15(30)12(40-21)6-38-43(34,35)42-44(36,37)39-7-13-16(31)18(33)22(41-13)28-9-26-14-19(23)24-8-25-20(14)28/h2-5,8-9,12-13,15-18,21-22,30-33H,6-7H2,1H3,(H3-,23,24,25,34,35,36,37)/t12-,13+,15-,16+,17-,18+,21-,22+/m0/s1. The lowest BCUT2D eigenvalue weighted by atomic mass is 10.1. The van der Waals surface area contributed by atoms with Crippen molar-refractivity contribution in [1.29, 1.82) is 0 Å². The van der Waals surface area contributed by atoms with Crippen LogP contribution in [0.3, 0.4) is 0 Å². The molecule has 0 saturated carbocycles. The van der Waals surface area contributed by atoms with Crippen LogP contribution in [0.15, 0.2) is 37.2 Å². The number of rotatable bonds is 11. The minimum Gasteiger partial charge on any atom is -0.756 e. The van der Waals surface area contributed by atoms with Crippen molar-refractivity contribution < 1.29 is 71.5 Å². The van der Waals surface area contributed by atoms with Gasteiger partial charge >= 0.3 is 7.82 Å². The number of phosphoric acid groups is 2. The van der Waals surface area contributed by atoms with Crippen LogP contribution in [0.5, 0.6) is 0 Å². The number of ketones is 1. The molecule has 0 bridgehead atoms. The molecule has 0 aromatic carbocycles. The number of ether oxygens (including phenoxy) is 2. The lowest BCUT2D eigenvalue weighted by molar-refractivity contribution is -0.765. The van der Waals surface area contributed by atoms with E-state index < -0.39 is 77.9 Å². The van der Waals surface area contributed by atoms with E-state index in [1.54, 1.807) is 0 Å². The molecule has 44 heavy (non-hydrogen) atoms. The van der Waals surface area contributed by atoms with E-state index in [1.165, 1.54) is 46.9 Å². The number of carbonyl (C=O) groups excluding carboxylic acids is 1. The molecule has 0 amide bonds. The van der Waals surface area contributed by atoms with Crippen LogP contribution in [0.25, 0.3) is 11.2 Å². The first-order chi connectivity index (χ1) is 20.7. The van der Waals surface area contributed by atoms with Crippen molar-refractivity contribution in [3.8, 4) is 0 Å². The normalized spacial score (nSPS) is 31.6. The van der Waals surface area contributed by atoms with E-state index in [9.17, 15) is 44.1 Å². The zero-order chi connectivity index (χ0) is 32.0. The quantitative estimate of drug-likeness (QED) is 0.0700. The maximum absolute atomic E-state index is 12.4. The van der Waals surface area contributed by atoms with Crippen molar-refractivity contribution in [2.75, 3.05) is 18.9 Å². The van der Waals surface area contributed by atoms with E-state index in [0.717, 1.165) is 6.33 Å². The molecule has 10 atom stereocenters. The first-order valence-electron chi connectivity index (χ1n) is 12.8. The maximum atomic E-state index is 12.4. The highest BCUT2D eigenvalue weighted by molar-refractivity contribution is 7.60. The Hall–Kier alpha value is -2.81. The summed E-state index contributed by atoms with van der Waals surface area (Å²) >= 11 is 0. The Labute approximate surface area is 247 Å². The van der Waals surface area contributed by atoms with Gasteiger partial charge in [-0.2, -0.15) is 4.57 Å². The number of pyridine rings is 1. The molecule has 7 N–H and O–H groups in total. The summed E-state index contributed by atoms with van der Waals surface area (Å²) in [6, 6.07) is 3.02. The molecule has 2 unspecified atom stereocenters. The van der Waals surface area contributed by atoms with Gasteiger partial charge in [-0.1, -0.05) is 0 Å². The number of Topliss-reactive ketones (excluding diaryl/α,β-unsaturated/α-hetero) is 1. The molecule has 2 aliphatic rings. The monoisotopic (exact) mass is 662 g/mol. The largest absolute Gasteiger partial charge is 0.756 e. The highest BCUT2D eigenvalue weighted by Crippen LogP contribution is 2.58. The molecule has 5 heterocycles. The molecule has 2 saturated heterocycles. The van der Waals surface area contributed by atoms with Crippen LogP contribution in [-0.2, 0) is 32.0 Å². The second-order valence-electron chi connectivity index (χ2n) is 9.86. The van der Waals surface area contributed by atoms with Crippen LogP contribution in [0.2, 0.25) is 0 Å². The van der Waals surface area contributed by atoms with E-state index in [4.69, 9.17) is 15.2 Å². The molecule has 0 spiro atoms. The Morgan fingerprint density at radius 3 is 2.48 bits per heavy atom. The van der Waals surface area contributed by atoms with E-state index >= 15 is 0 Å². The average Bonchev–Trinajstić information content (AvgIpc) is 3.61. The zero-order valence-corrected chi connectivity index (χ0v) is 24.4. The number of nitrogens with two attached hydrogens (primary N) is 1. The van der Waals surface area contributed by atoms with Gasteiger partial charge < -0.3 is 49.9 Å². The average molecular weight is 662 g/mol. The molecule has 240 valence electrons. The Morgan fingerprint density at radius 1 is 1.07 bits per heavy atom. The fourth-order valence-corrected chi connectivity index (χ4v) is 6.68. The first kappa shape index (κ1) is 32.6. The third-order valence-electron chi connectivity index (χ3n) is 6.86. The number of anilines is 1. The number of aliphatic hydroxyl groups is 4. The van der Waals surface area contributed by atoms with Gasteiger partial charge in [0.15, 0.2) is 42.0 Å². The van der Waals surface area contributed by atoms with Gasteiger partial charge in [-0.25, -0.2) is 23.8 Å². The summed E-state index contributed by atoms with van der Waals surface area (Å²) in [7, 11) is -11.0. The number of aromatic nitrogens is 5. The summed E-state index contributed by atoms with van der Waals surface area (Å²) in [6.45, 7) is -0.528. The summed E-state index contributed by atoms with van der Waals surface area (Å²) in [5.41, 5.74) is 6.38. The van der Waals surface area contributed by atoms with Crippen molar-refractivity contribution in [1.82, 2.24) is 19.5 Å². The molecule has 22 heteroatoms. The SMILES string of the molecule is CC(=O)c1ccc[n+]([C@H]2O[C@@H](COP(=O)([O-])OP(=O)(O)OC[C@H]3O[C@@H](n4cnc5c(N)ncnc54)[C@H](O)[C@@H]3O)[C@H](O)[C@@H]2O)c1. The third kappa shape index (κ3) is 6.73. The fourth-order valence-electron chi connectivity index (χ4n) is 4.63. The van der Waals surface area contributed by atoms with Crippen LogP contribution in [0, 0.1) is 0 Å². The molecular weight excluding hydrogens is 634 g/mol. The number of carbonyl (C=O) groups is 1. The number of hydrogen-bond acceptors (Lipinski definition) is 17. The Balaban J connectivity index is 1.16. The molecule has 5 rings (SSSR count). The summed E-state index contributed by atoms with van der Waals surface area (Å²) in [5, 5.41) is 41.6. The molecule has 0 radical (unpaired) electrons. The smallest absolute Gasteiger partial charge is 0.478 e. The van der Waals surface area contributed by atoms with Gasteiger partial charge in [0.1, 0.15) is 42.4 Å². The zero-order valence-electron chi connectivity index (χ0n) is 22.6. The summed E-state index contributed by atoms with van der Waals surface area (Å²) in [5.74, 6) is -0.225. The van der Waals surface area contributed by atoms with E-state index in [1.807, 2.05) is 0 Å².